The van der Waals surface area contributed by atoms with Gasteiger partial charge < -0.3 is 0 Å². The van der Waals surface area contributed by atoms with Gasteiger partial charge in [0.15, 0.2) is 5.54 Å². The molecule has 2 aliphatic heterocycles. The van der Waals surface area contributed by atoms with Crippen molar-refractivity contribution >= 4 is 11.8 Å². The van der Waals surface area contributed by atoms with E-state index in [9.17, 15) is 22.8 Å². The third-order valence-electron chi connectivity index (χ3n) is 5.44. The van der Waals surface area contributed by atoms with Crippen molar-refractivity contribution in [2.75, 3.05) is 6.54 Å². The Labute approximate surface area is 154 Å². The van der Waals surface area contributed by atoms with Crippen LogP contribution in [0.15, 0.2) is 60.7 Å². The van der Waals surface area contributed by atoms with Crippen molar-refractivity contribution in [3.05, 3.63) is 71.8 Å². The Morgan fingerprint density at radius 1 is 0.963 bits per heavy atom. The van der Waals surface area contributed by atoms with E-state index in [0.29, 0.717) is 5.56 Å². The first-order chi connectivity index (χ1) is 12.9. The highest BCUT2D eigenvalue weighted by Crippen LogP contribution is 2.53. The minimum atomic E-state index is -4.73. The van der Waals surface area contributed by atoms with Crippen molar-refractivity contribution < 1.29 is 22.8 Å². The second kappa shape index (κ2) is 6.20. The standard InChI is InChI=1S/C20H17F3N2O2/c21-20(22,23)19(14-9-5-2-6-10-14)16-15(11-24-19)17(26)25(18(16)27)12-13-7-3-1-4-8-13/h1-10,15-16,24H,11-12H2/t15-,16+,19+/m1/s1. The first-order valence-corrected chi connectivity index (χ1v) is 8.62. The number of halogens is 3. The van der Waals surface area contributed by atoms with Gasteiger partial charge in [0.2, 0.25) is 11.8 Å². The summed E-state index contributed by atoms with van der Waals surface area (Å²) in [6.45, 7) is -0.205. The molecule has 3 atom stereocenters. The van der Waals surface area contributed by atoms with Gasteiger partial charge in [0, 0.05) is 6.54 Å². The molecule has 0 spiro atoms. The van der Waals surface area contributed by atoms with Gasteiger partial charge in [-0.1, -0.05) is 60.7 Å². The summed E-state index contributed by atoms with van der Waals surface area (Å²) in [6, 6.07) is 16.1. The summed E-state index contributed by atoms with van der Waals surface area (Å²) in [5.74, 6) is -3.86. The van der Waals surface area contributed by atoms with E-state index in [0.717, 1.165) is 4.90 Å². The fourth-order valence-corrected chi connectivity index (χ4v) is 4.21. The van der Waals surface area contributed by atoms with Gasteiger partial charge in [-0.15, -0.1) is 0 Å². The van der Waals surface area contributed by atoms with Crippen LogP contribution >= 0.6 is 0 Å². The summed E-state index contributed by atoms with van der Waals surface area (Å²) >= 11 is 0. The number of amides is 2. The topological polar surface area (TPSA) is 49.4 Å². The lowest BCUT2D eigenvalue weighted by atomic mass is 9.76. The Hall–Kier alpha value is -2.67. The van der Waals surface area contributed by atoms with Gasteiger partial charge in [0.1, 0.15) is 0 Å². The second-order valence-corrected chi connectivity index (χ2v) is 6.89. The molecular formula is C20H17F3N2O2. The van der Waals surface area contributed by atoms with Gasteiger partial charge in [0.05, 0.1) is 18.4 Å². The zero-order valence-corrected chi connectivity index (χ0v) is 14.2. The molecule has 2 aromatic rings. The van der Waals surface area contributed by atoms with Crippen molar-refractivity contribution in [1.29, 1.82) is 0 Å². The zero-order chi connectivity index (χ0) is 19.2. The molecule has 0 unspecified atom stereocenters. The minimum Gasteiger partial charge on any atom is -0.298 e. The van der Waals surface area contributed by atoms with Gasteiger partial charge in [0.25, 0.3) is 0 Å². The highest BCUT2D eigenvalue weighted by molar-refractivity contribution is 6.06. The number of fused-ring (bicyclic) bond motifs is 1. The van der Waals surface area contributed by atoms with Crippen LogP contribution in [-0.4, -0.2) is 29.4 Å². The fraction of sp³-hybridized carbons (Fsp3) is 0.300. The molecule has 0 aromatic heterocycles. The van der Waals surface area contributed by atoms with Crippen molar-refractivity contribution in [2.45, 2.75) is 18.3 Å². The van der Waals surface area contributed by atoms with Crippen LogP contribution in [0.25, 0.3) is 0 Å². The van der Waals surface area contributed by atoms with Crippen LogP contribution in [0.3, 0.4) is 0 Å². The molecule has 4 rings (SSSR count). The van der Waals surface area contributed by atoms with E-state index >= 15 is 0 Å². The Kier molecular flexibility index (Phi) is 4.07. The number of nitrogens with one attached hydrogen (secondary N) is 1. The number of carbonyl (C=O) groups excluding carboxylic acids is 2. The number of carbonyl (C=O) groups is 2. The maximum absolute atomic E-state index is 14.2. The average Bonchev–Trinajstić information content (AvgIpc) is 3.17. The van der Waals surface area contributed by atoms with E-state index < -0.39 is 35.4 Å². The van der Waals surface area contributed by atoms with Crippen LogP contribution < -0.4 is 5.32 Å². The number of rotatable bonds is 3. The van der Waals surface area contributed by atoms with Crippen molar-refractivity contribution in [1.82, 2.24) is 10.2 Å². The summed E-state index contributed by atoms with van der Waals surface area (Å²) < 4.78 is 42.7. The van der Waals surface area contributed by atoms with Crippen LogP contribution in [0.5, 0.6) is 0 Å². The number of hydrogen-bond acceptors (Lipinski definition) is 3. The van der Waals surface area contributed by atoms with Crippen LogP contribution in [0.4, 0.5) is 13.2 Å². The highest BCUT2D eigenvalue weighted by Gasteiger charge is 2.72. The molecule has 2 aliphatic rings. The molecule has 2 fully saturated rings. The Morgan fingerprint density at radius 2 is 1.56 bits per heavy atom. The molecular weight excluding hydrogens is 357 g/mol. The lowest BCUT2D eigenvalue weighted by Crippen LogP contribution is -2.56. The molecule has 0 aliphatic carbocycles. The molecule has 2 amide bonds. The molecule has 2 heterocycles. The Morgan fingerprint density at radius 3 is 2.15 bits per heavy atom. The van der Waals surface area contributed by atoms with Gasteiger partial charge in [-0.25, -0.2) is 0 Å². The number of likely N-dealkylation sites (tertiary alicyclic amines) is 1. The maximum Gasteiger partial charge on any atom is 0.411 e. The third kappa shape index (κ3) is 2.56. The van der Waals surface area contributed by atoms with Crippen LogP contribution in [-0.2, 0) is 21.7 Å². The summed E-state index contributed by atoms with van der Waals surface area (Å²) in [5.41, 5.74) is -1.91. The van der Waals surface area contributed by atoms with E-state index in [4.69, 9.17) is 0 Å². The van der Waals surface area contributed by atoms with Gasteiger partial charge in [-0.05, 0) is 11.1 Å². The van der Waals surface area contributed by atoms with Crippen LogP contribution in [0.1, 0.15) is 11.1 Å². The smallest absolute Gasteiger partial charge is 0.298 e. The quantitative estimate of drug-likeness (QED) is 0.841. The third-order valence-corrected chi connectivity index (χ3v) is 5.44. The lowest BCUT2D eigenvalue weighted by molar-refractivity contribution is -0.210. The average molecular weight is 374 g/mol. The monoisotopic (exact) mass is 374 g/mol. The summed E-state index contributed by atoms with van der Waals surface area (Å²) in [7, 11) is 0. The van der Waals surface area contributed by atoms with E-state index in [1.807, 2.05) is 0 Å². The van der Waals surface area contributed by atoms with E-state index in [-0.39, 0.29) is 18.7 Å². The first kappa shape index (κ1) is 17.7. The number of hydrogen-bond donors (Lipinski definition) is 1. The largest absolute Gasteiger partial charge is 0.411 e. The van der Waals surface area contributed by atoms with Crippen LogP contribution in [0, 0.1) is 11.8 Å². The van der Waals surface area contributed by atoms with Gasteiger partial charge in [-0.3, -0.25) is 19.8 Å². The number of imide groups is 1. The molecule has 27 heavy (non-hydrogen) atoms. The molecule has 1 N–H and O–H groups in total. The summed E-state index contributed by atoms with van der Waals surface area (Å²) in [6.07, 6.45) is -4.73. The Bertz CT molecular complexity index is 870. The fourth-order valence-electron chi connectivity index (χ4n) is 4.21. The molecule has 2 aromatic carbocycles. The zero-order valence-electron chi connectivity index (χ0n) is 14.2. The van der Waals surface area contributed by atoms with Crippen molar-refractivity contribution in [2.24, 2.45) is 11.8 Å². The van der Waals surface area contributed by atoms with E-state index in [1.165, 1.54) is 24.3 Å². The second-order valence-electron chi connectivity index (χ2n) is 6.89. The highest BCUT2D eigenvalue weighted by atomic mass is 19.4. The summed E-state index contributed by atoms with van der Waals surface area (Å²) in [5, 5.41) is 2.48. The van der Waals surface area contributed by atoms with E-state index in [1.54, 1.807) is 36.4 Å². The van der Waals surface area contributed by atoms with Gasteiger partial charge in [-0.2, -0.15) is 13.2 Å². The minimum absolute atomic E-state index is 0.0196. The Balaban J connectivity index is 1.76. The van der Waals surface area contributed by atoms with E-state index in [2.05, 4.69) is 5.32 Å². The van der Waals surface area contributed by atoms with Gasteiger partial charge >= 0.3 is 6.18 Å². The molecule has 7 heteroatoms. The SMILES string of the molecule is O=C1[C@@H]2[C@@H](CN[C@]2(c2ccccc2)C(F)(F)F)C(=O)N1Cc1ccccc1. The predicted molar refractivity (Wildman–Crippen MR) is 91.2 cm³/mol. The molecule has 0 radical (unpaired) electrons. The first-order valence-electron chi connectivity index (χ1n) is 8.62. The number of nitrogens with zero attached hydrogens (tertiary/aromatic N) is 1. The van der Waals surface area contributed by atoms with Crippen molar-refractivity contribution in [3.63, 3.8) is 0 Å². The molecule has 4 nitrogen and oxygen atoms in total. The number of benzene rings is 2. The molecule has 0 bridgehead atoms. The predicted octanol–water partition coefficient (Wildman–Crippen LogP) is 2.85. The molecule has 0 saturated carbocycles. The normalized spacial score (nSPS) is 27.9. The molecule has 140 valence electrons. The number of alkyl halides is 3. The summed E-state index contributed by atoms with van der Waals surface area (Å²) in [4.78, 5) is 26.7. The van der Waals surface area contributed by atoms with Crippen molar-refractivity contribution in [3.8, 4) is 0 Å². The maximum atomic E-state index is 14.2. The van der Waals surface area contributed by atoms with Crippen LogP contribution in [0.2, 0.25) is 0 Å². The lowest BCUT2D eigenvalue weighted by Gasteiger charge is -2.36. The molecule has 2 saturated heterocycles.